The highest BCUT2D eigenvalue weighted by molar-refractivity contribution is 7.27. The summed E-state index contributed by atoms with van der Waals surface area (Å²) < 4.78 is 5.33. The van der Waals surface area contributed by atoms with Gasteiger partial charge in [0, 0.05) is 62.5 Å². The lowest BCUT2D eigenvalue weighted by atomic mass is 9.71. The van der Waals surface area contributed by atoms with E-state index in [1.807, 2.05) is 22.7 Å². The molecular weight excluding hydrogens is 765 g/mol. The molecule has 60 heavy (non-hydrogen) atoms. The van der Waals surface area contributed by atoms with Crippen LogP contribution < -0.4 is 9.80 Å². The highest BCUT2D eigenvalue weighted by Gasteiger charge is 2.40. The molecule has 4 heterocycles. The first kappa shape index (κ1) is 34.4. The fraction of sp³-hybridized carbons (Fsp3) is 0.107. The second kappa shape index (κ2) is 12.1. The van der Waals surface area contributed by atoms with Crippen molar-refractivity contribution in [3.8, 4) is 0 Å². The Labute approximate surface area is 357 Å². The standard InChI is InChI=1S/C56H40N2S2/c1-55(2)43-27-39-41-29-50-42(30-49(41)59-51(39)31-47(43)57(35-17-7-5-8-18-35)45-25-23-33-15-11-13-21-37(33)53(45)55)40-28-44-48(32-52(40)60-50)58(36-19-9-6-10-20-36)46-26-24-34-16-12-14-22-38(34)54(46)56(44,3)4/h5-32H,1-4H3. The lowest BCUT2D eigenvalue weighted by Gasteiger charge is -2.43. The van der Waals surface area contributed by atoms with Gasteiger partial charge < -0.3 is 9.80 Å². The molecule has 0 aliphatic carbocycles. The van der Waals surface area contributed by atoms with E-state index in [4.69, 9.17) is 0 Å². The van der Waals surface area contributed by atoms with E-state index >= 15 is 0 Å². The van der Waals surface area contributed by atoms with E-state index in [-0.39, 0.29) is 10.8 Å². The third kappa shape index (κ3) is 4.58. The quantitative estimate of drug-likeness (QED) is 0.172. The first-order valence-electron chi connectivity index (χ1n) is 20.9. The molecule has 286 valence electrons. The number of thiophene rings is 2. The first-order valence-corrected chi connectivity index (χ1v) is 22.6. The summed E-state index contributed by atoms with van der Waals surface area (Å²) in [6.07, 6.45) is 0. The van der Waals surface area contributed by atoms with Crippen molar-refractivity contribution in [3.05, 3.63) is 192 Å². The predicted molar refractivity (Wildman–Crippen MR) is 261 cm³/mol. The van der Waals surface area contributed by atoms with Crippen LogP contribution in [0, 0.1) is 0 Å². The maximum Gasteiger partial charge on any atom is 0.0517 e. The van der Waals surface area contributed by atoms with Crippen molar-refractivity contribution in [1.82, 2.24) is 0 Å². The van der Waals surface area contributed by atoms with Crippen LogP contribution in [-0.2, 0) is 10.8 Å². The van der Waals surface area contributed by atoms with Crippen molar-refractivity contribution in [3.63, 3.8) is 0 Å². The van der Waals surface area contributed by atoms with Crippen molar-refractivity contribution in [2.75, 3.05) is 9.80 Å². The molecule has 4 heteroatoms. The highest BCUT2D eigenvalue weighted by Crippen LogP contribution is 2.58. The maximum absolute atomic E-state index is 2.53. The van der Waals surface area contributed by atoms with Crippen LogP contribution in [0.1, 0.15) is 49.9 Å². The zero-order chi connectivity index (χ0) is 40.1. The summed E-state index contributed by atoms with van der Waals surface area (Å²) in [5.41, 5.74) is 12.5. The van der Waals surface area contributed by atoms with Crippen LogP contribution in [0.3, 0.4) is 0 Å². The third-order valence-corrected chi connectivity index (χ3v) is 15.9. The molecule has 13 rings (SSSR count). The summed E-state index contributed by atoms with van der Waals surface area (Å²) in [7, 11) is 0. The lowest BCUT2D eigenvalue weighted by Crippen LogP contribution is -2.31. The van der Waals surface area contributed by atoms with Gasteiger partial charge in [-0.25, -0.2) is 0 Å². The largest absolute Gasteiger partial charge is 0.310 e. The Balaban J connectivity index is 1.05. The van der Waals surface area contributed by atoms with Crippen molar-refractivity contribution < 1.29 is 0 Å². The molecule has 0 atom stereocenters. The summed E-state index contributed by atoms with van der Waals surface area (Å²) in [5.74, 6) is 0. The summed E-state index contributed by atoms with van der Waals surface area (Å²) in [6.45, 7) is 9.69. The number of rotatable bonds is 2. The normalized spacial score (nSPS) is 15.2. The maximum atomic E-state index is 2.53. The Morgan fingerprint density at radius 1 is 0.333 bits per heavy atom. The monoisotopic (exact) mass is 804 g/mol. The van der Waals surface area contributed by atoms with Gasteiger partial charge >= 0.3 is 0 Å². The molecular formula is C56H40N2S2. The minimum atomic E-state index is -0.222. The zero-order valence-corrected chi connectivity index (χ0v) is 35.5. The van der Waals surface area contributed by atoms with Crippen molar-refractivity contribution >= 4 is 119 Å². The van der Waals surface area contributed by atoms with Crippen molar-refractivity contribution in [1.29, 1.82) is 0 Å². The van der Waals surface area contributed by atoms with E-state index in [9.17, 15) is 0 Å². The fourth-order valence-electron chi connectivity index (χ4n) is 10.9. The van der Waals surface area contributed by atoms with Crippen molar-refractivity contribution in [2.45, 2.75) is 38.5 Å². The van der Waals surface area contributed by atoms with Crippen LogP contribution in [-0.4, -0.2) is 0 Å². The van der Waals surface area contributed by atoms with Gasteiger partial charge in [-0.2, -0.15) is 0 Å². The zero-order valence-electron chi connectivity index (χ0n) is 33.9. The van der Waals surface area contributed by atoms with Gasteiger partial charge in [0.05, 0.1) is 22.7 Å². The minimum absolute atomic E-state index is 0.222. The average molecular weight is 805 g/mol. The fourth-order valence-corrected chi connectivity index (χ4v) is 13.2. The first-order chi connectivity index (χ1) is 29.3. The van der Waals surface area contributed by atoms with Gasteiger partial charge in [0.25, 0.3) is 0 Å². The Morgan fingerprint density at radius 3 is 1.13 bits per heavy atom. The number of benzene rings is 9. The molecule has 0 radical (unpaired) electrons. The van der Waals surface area contributed by atoms with E-state index in [2.05, 4.69) is 207 Å². The number of nitrogens with zero attached hydrogens (tertiary/aromatic N) is 2. The summed E-state index contributed by atoms with van der Waals surface area (Å²) in [4.78, 5) is 5.01. The number of fused-ring (bicyclic) bond motifs is 14. The van der Waals surface area contributed by atoms with Crippen molar-refractivity contribution in [2.24, 2.45) is 0 Å². The van der Waals surface area contributed by atoms with Crippen LogP contribution in [0.5, 0.6) is 0 Å². The summed E-state index contributed by atoms with van der Waals surface area (Å²) in [5, 5.41) is 10.6. The topological polar surface area (TPSA) is 6.48 Å². The highest BCUT2D eigenvalue weighted by atomic mass is 32.1. The van der Waals surface area contributed by atoms with E-state index in [1.54, 1.807) is 0 Å². The number of hydrogen-bond donors (Lipinski definition) is 0. The van der Waals surface area contributed by atoms with E-state index in [1.165, 1.54) is 118 Å². The smallest absolute Gasteiger partial charge is 0.0517 e. The molecule has 0 unspecified atom stereocenters. The van der Waals surface area contributed by atoms with Crippen LogP contribution in [0.2, 0.25) is 0 Å². The van der Waals surface area contributed by atoms with E-state index in [0.717, 1.165) is 0 Å². The molecule has 0 spiro atoms. The van der Waals surface area contributed by atoms with Crippen LogP contribution in [0.15, 0.2) is 170 Å². The molecule has 2 aliphatic heterocycles. The molecule has 9 aromatic carbocycles. The van der Waals surface area contributed by atoms with Gasteiger partial charge in [0.2, 0.25) is 0 Å². The summed E-state index contributed by atoms with van der Waals surface area (Å²) >= 11 is 3.86. The minimum Gasteiger partial charge on any atom is -0.310 e. The second-order valence-corrected chi connectivity index (χ2v) is 19.9. The molecule has 0 amide bonds. The second-order valence-electron chi connectivity index (χ2n) is 17.7. The molecule has 2 nitrogen and oxygen atoms in total. The van der Waals surface area contributed by atoms with Crippen LogP contribution >= 0.6 is 22.7 Å². The van der Waals surface area contributed by atoms with Crippen LogP contribution in [0.4, 0.5) is 34.1 Å². The predicted octanol–water partition coefficient (Wildman–Crippen LogP) is 16.9. The average Bonchev–Trinajstić information content (AvgIpc) is 3.80. The molecule has 0 saturated carbocycles. The van der Waals surface area contributed by atoms with Gasteiger partial charge in [0.1, 0.15) is 0 Å². The van der Waals surface area contributed by atoms with Gasteiger partial charge in [0.15, 0.2) is 0 Å². The Hall–Kier alpha value is -6.46. The molecule has 0 bridgehead atoms. The Morgan fingerprint density at radius 2 is 0.700 bits per heavy atom. The number of hydrogen-bond acceptors (Lipinski definition) is 4. The molecule has 0 fully saturated rings. The number of anilines is 6. The molecule has 11 aromatic rings. The van der Waals surface area contributed by atoms with Gasteiger partial charge in [-0.15, -0.1) is 22.7 Å². The van der Waals surface area contributed by atoms with Gasteiger partial charge in [-0.05, 0) is 117 Å². The van der Waals surface area contributed by atoms with Gasteiger partial charge in [-0.3, -0.25) is 0 Å². The number of para-hydroxylation sites is 2. The van der Waals surface area contributed by atoms with Gasteiger partial charge in [-0.1, -0.05) is 125 Å². The summed E-state index contributed by atoms with van der Waals surface area (Å²) in [6, 6.07) is 63.9. The Bertz CT molecular complexity index is 3370. The molecule has 2 aliphatic rings. The third-order valence-electron chi connectivity index (χ3n) is 13.7. The molecule has 0 saturated heterocycles. The van der Waals surface area contributed by atoms with E-state index < -0.39 is 0 Å². The SMILES string of the molecule is CC1(C)c2cc3c(cc2N(c2ccccc2)c2ccc4ccccc4c21)sc1cc2c(cc13)sc1cc3c(cc12)C(C)(C)c1c(ccc2ccccc12)N3c1ccccc1. The van der Waals surface area contributed by atoms with Crippen LogP contribution in [0.25, 0.3) is 61.9 Å². The molecule has 2 aromatic heterocycles. The molecule has 0 N–H and O–H groups in total. The lowest BCUT2D eigenvalue weighted by molar-refractivity contribution is 0.639. The Kier molecular flexibility index (Phi) is 6.92. The van der Waals surface area contributed by atoms with E-state index in [0.29, 0.717) is 0 Å².